The van der Waals surface area contributed by atoms with Crippen LogP contribution in [0.4, 0.5) is 0 Å². The van der Waals surface area contributed by atoms with Gasteiger partial charge in [-0.25, -0.2) is 0 Å². The third-order valence-electron chi connectivity index (χ3n) is 9.32. The summed E-state index contributed by atoms with van der Waals surface area (Å²) in [6.45, 7) is 4.50. The number of benzene rings is 6. The first-order valence-electron chi connectivity index (χ1n) is 15.7. The Morgan fingerprint density at radius 3 is 1.33 bits per heavy atom. The predicted octanol–water partition coefficient (Wildman–Crippen LogP) is 11.7. The van der Waals surface area contributed by atoms with Crippen LogP contribution < -0.4 is 0 Å². The Morgan fingerprint density at radius 2 is 0.783 bits per heavy atom. The number of rotatable bonds is 5. The Labute approximate surface area is 269 Å². The van der Waals surface area contributed by atoms with E-state index in [4.69, 9.17) is 0 Å². The van der Waals surface area contributed by atoms with E-state index >= 15 is 0 Å². The second-order valence-electron chi connectivity index (χ2n) is 11.9. The fourth-order valence-electron chi connectivity index (χ4n) is 7.07. The van der Waals surface area contributed by atoms with Crippen LogP contribution in [0.15, 0.2) is 158 Å². The van der Waals surface area contributed by atoms with E-state index in [9.17, 15) is 0 Å². The third-order valence-corrected chi connectivity index (χ3v) is 9.32. The third kappa shape index (κ3) is 4.67. The number of pyridine rings is 2. The van der Waals surface area contributed by atoms with Crippen molar-refractivity contribution in [3.8, 4) is 55.6 Å². The highest BCUT2D eigenvalue weighted by Gasteiger charge is 2.21. The minimum Gasteiger partial charge on any atom is -0.265 e. The van der Waals surface area contributed by atoms with Crippen LogP contribution in [0, 0.1) is 13.8 Å². The molecular weight excluding hydrogens is 556 g/mol. The molecule has 8 rings (SSSR count). The van der Waals surface area contributed by atoms with Crippen molar-refractivity contribution in [2.45, 2.75) is 13.8 Å². The number of nitrogens with zero attached hydrogens (tertiary/aromatic N) is 2. The van der Waals surface area contributed by atoms with Gasteiger partial charge in [0.15, 0.2) is 0 Å². The molecule has 0 saturated carbocycles. The van der Waals surface area contributed by atoms with Crippen molar-refractivity contribution in [1.29, 1.82) is 0 Å². The second kappa shape index (κ2) is 11.6. The molecule has 218 valence electrons. The Kier molecular flexibility index (Phi) is 6.96. The molecule has 0 aliphatic rings. The average molecular weight is 589 g/mol. The lowest BCUT2D eigenvalue weighted by Crippen LogP contribution is -1.96. The SMILES string of the molecule is Cc1c(-c2ccncc2)cccc1-c1c2ccccc2c(-c2cccc(-c3ccncc3)c2C)c2cc(-c3ccccc3)ccc12. The first kappa shape index (κ1) is 27.7. The van der Waals surface area contributed by atoms with E-state index in [-0.39, 0.29) is 0 Å². The van der Waals surface area contributed by atoms with E-state index in [1.807, 2.05) is 24.8 Å². The van der Waals surface area contributed by atoms with E-state index < -0.39 is 0 Å². The van der Waals surface area contributed by atoms with E-state index in [0.717, 1.165) is 0 Å². The fraction of sp³-hybridized carbons (Fsp3) is 0.0455. The van der Waals surface area contributed by atoms with Gasteiger partial charge >= 0.3 is 0 Å². The van der Waals surface area contributed by atoms with Gasteiger partial charge in [0.1, 0.15) is 0 Å². The summed E-state index contributed by atoms with van der Waals surface area (Å²) in [5, 5.41) is 5.00. The van der Waals surface area contributed by atoms with Crippen LogP contribution in [-0.2, 0) is 0 Å². The van der Waals surface area contributed by atoms with E-state index in [1.165, 1.54) is 88.3 Å². The topological polar surface area (TPSA) is 25.8 Å². The molecule has 2 nitrogen and oxygen atoms in total. The summed E-state index contributed by atoms with van der Waals surface area (Å²) < 4.78 is 0. The highest BCUT2D eigenvalue weighted by atomic mass is 14.6. The Morgan fingerprint density at radius 1 is 0.326 bits per heavy atom. The van der Waals surface area contributed by atoms with Crippen molar-refractivity contribution in [2.24, 2.45) is 0 Å². The van der Waals surface area contributed by atoms with Gasteiger partial charge < -0.3 is 0 Å². The number of fused-ring (bicyclic) bond motifs is 2. The molecule has 0 fully saturated rings. The molecule has 2 aromatic heterocycles. The molecule has 0 spiro atoms. The predicted molar refractivity (Wildman–Crippen MR) is 194 cm³/mol. The summed E-state index contributed by atoms with van der Waals surface area (Å²) in [7, 11) is 0. The molecule has 0 aliphatic carbocycles. The molecule has 2 heterocycles. The number of aromatic nitrogens is 2. The summed E-state index contributed by atoms with van der Waals surface area (Å²) in [4.78, 5) is 8.53. The fourth-order valence-corrected chi connectivity index (χ4v) is 7.07. The van der Waals surface area contributed by atoms with Crippen LogP contribution in [-0.4, -0.2) is 9.97 Å². The van der Waals surface area contributed by atoms with Crippen molar-refractivity contribution < 1.29 is 0 Å². The largest absolute Gasteiger partial charge is 0.265 e. The van der Waals surface area contributed by atoms with Gasteiger partial charge in [-0.15, -0.1) is 0 Å². The highest BCUT2D eigenvalue weighted by molar-refractivity contribution is 6.22. The first-order chi connectivity index (χ1) is 22.7. The van der Waals surface area contributed by atoms with Gasteiger partial charge in [0.05, 0.1) is 0 Å². The molecule has 0 amide bonds. The minimum atomic E-state index is 1.17. The van der Waals surface area contributed by atoms with E-state index in [1.54, 1.807) is 0 Å². The standard InChI is InChI=1S/C44H32N2/c1-29-35(32-20-24-45-25-21-32)14-8-16-37(29)43-39-12-6-7-13-40(39)44(38-17-9-15-36(30(38)2)33-22-26-46-27-23-33)42-28-34(18-19-41(42)43)31-10-4-3-5-11-31/h3-28H,1-2H3. The highest BCUT2D eigenvalue weighted by Crippen LogP contribution is 2.47. The van der Waals surface area contributed by atoms with Crippen molar-refractivity contribution in [3.63, 3.8) is 0 Å². The summed E-state index contributed by atoms with van der Waals surface area (Å²) in [6, 6.07) is 48.4. The lowest BCUT2D eigenvalue weighted by atomic mass is 9.81. The molecule has 2 heteroatoms. The molecule has 0 aliphatic heterocycles. The number of hydrogen-bond acceptors (Lipinski definition) is 2. The van der Waals surface area contributed by atoms with Gasteiger partial charge in [-0.05, 0) is 132 Å². The maximum atomic E-state index is 4.27. The zero-order valence-electron chi connectivity index (χ0n) is 25.9. The Bertz CT molecular complexity index is 2360. The van der Waals surface area contributed by atoms with Gasteiger partial charge in [0.25, 0.3) is 0 Å². The van der Waals surface area contributed by atoms with Crippen molar-refractivity contribution in [1.82, 2.24) is 9.97 Å². The lowest BCUT2D eigenvalue weighted by Gasteiger charge is -2.22. The van der Waals surface area contributed by atoms with Gasteiger partial charge in [0, 0.05) is 24.8 Å². The normalized spacial score (nSPS) is 11.3. The molecule has 0 N–H and O–H groups in total. The molecule has 6 aromatic carbocycles. The van der Waals surface area contributed by atoms with Crippen LogP contribution in [0.3, 0.4) is 0 Å². The minimum absolute atomic E-state index is 1.17. The second-order valence-corrected chi connectivity index (χ2v) is 11.9. The van der Waals surface area contributed by atoms with Crippen molar-refractivity contribution in [2.75, 3.05) is 0 Å². The van der Waals surface area contributed by atoms with Gasteiger partial charge in [-0.3, -0.25) is 9.97 Å². The Balaban J connectivity index is 1.49. The molecule has 0 atom stereocenters. The van der Waals surface area contributed by atoms with E-state index in [0.29, 0.717) is 0 Å². The molecule has 0 radical (unpaired) electrons. The van der Waals surface area contributed by atoms with Crippen LogP contribution in [0.25, 0.3) is 77.2 Å². The zero-order valence-corrected chi connectivity index (χ0v) is 25.9. The lowest BCUT2D eigenvalue weighted by molar-refractivity contribution is 1.32. The van der Waals surface area contributed by atoms with Crippen LogP contribution >= 0.6 is 0 Å². The maximum Gasteiger partial charge on any atom is 0.0273 e. The quantitative estimate of drug-likeness (QED) is 0.187. The number of hydrogen-bond donors (Lipinski definition) is 0. The van der Waals surface area contributed by atoms with Gasteiger partial charge in [0.2, 0.25) is 0 Å². The van der Waals surface area contributed by atoms with Crippen LogP contribution in [0.1, 0.15) is 11.1 Å². The molecular formula is C44H32N2. The monoisotopic (exact) mass is 588 g/mol. The average Bonchev–Trinajstić information content (AvgIpc) is 3.12. The van der Waals surface area contributed by atoms with Gasteiger partial charge in [-0.1, -0.05) is 103 Å². The van der Waals surface area contributed by atoms with Crippen LogP contribution in [0.5, 0.6) is 0 Å². The molecule has 8 aromatic rings. The van der Waals surface area contributed by atoms with Crippen LogP contribution in [0.2, 0.25) is 0 Å². The summed E-state index contributed by atoms with van der Waals surface area (Å²) in [6.07, 6.45) is 7.48. The van der Waals surface area contributed by atoms with Crippen molar-refractivity contribution >= 4 is 21.5 Å². The Hall–Kier alpha value is -5.86. The van der Waals surface area contributed by atoms with Gasteiger partial charge in [-0.2, -0.15) is 0 Å². The molecule has 46 heavy (non-hydrogen) atoms. The first-order valence-corrected chi connectivity index (χ1v) is 15.7. The van der Waals surface area contributed by atoms with E-state index in [2.05, 4.69) is 157 Å². The molecule has 0 saturated heterocycles. The maximum absolute atomic E-state index is 4.27. The summed E-state index contributed by atoms with van der Waals surface area (Å²) in [5.74, 6) is 0. The van der Waals surface area contributed by atoms with Crippen molar-refractivity contribution in [3.05, 3.63) is 169 Å². The molecule has 0 bridgehead atoms. The summed E-state index contributed by atoms with van der Waals surface area (Å²) >= 11 is 0. The molecule has 0 unspecified atom stereocenters. The summed E-state index contributed by atoms with van der Waals surface area (Å²) in [5.41, 5.74) is 14.8. The zero-order chi connectivity index (χ0) is 31.0. The smallest absolute Gasteiger partial charge is 0.0273 e.